The second-order valence-corrected chi connectivity index (χ2v) is 5.42. The summed E-state index contributed by atoms with van der Waals surface area (Å²) < 4.78 is 5.91. The van der Waals surface area contributed by atoms with E-state index in [0.29, 0.717) is 22.9 Å². The van der Waals surface area contributed by atoms with Crippen molar-refractivity contribution in [3.8, 4) is 0 Å². The van der Waals surface area contributed by atoms with Gasteiger partial charge in [-0.15, -0.1) is 0 Å². The van der Waals surface area contributed by atoms with Crippen molar-refractivity contribution in [2.45, 2.75) is 31.7 Å². The Bertz CT molecular complexity index is 548. The van der Waals surface area contributed by atoms with Gasteiger partial charge in [0.05, 0.1) is 5.02 Å². The van der Waals surface area contributed by atoms with Crippen molar-refractivity contribution in [2.24, 2.45) is 11.7 Å². The lowest BCUT2D eigenvalue weighted by molar-refractivity contribution is 0.412. The molecule has 0 aliphatic heterocycles. The van der Waals surface area contributed by atoms with Crippen LogP contribution in [0.5, 0.6) is 0 Å². The van der Waals surface area contributed by atoms with Gasteiger partial charge in [0, 0.05) is 17.3 Å². The van der Waals surface area contributed by atoms with Crippen LogP contribution in [0.3, 0.4) is 0 Å². The number of rotatable bonds is 1. The lowest BCUT2D eigenvalue weighted by atomic mass is 9.94. The van der Waals surface area contributed by atoms with Crippen LogP contribution in [0.1, 0.15) is 31.4 Å². The summed E-state index contributed by atoms with van der Waals surface area (Å²) in [5.74, 6) is 1.95. The molecular formula is C14H16ClNO. The summed E-state index contributed by atoms with van der Waals surface area (Å²) in [4.78, 5) is 0. The van der Waals surface area contributed by atoms with Crippen LogP contribution in [0, 0.1) is 5.92 Å². The molecule has 3 heteroatoms. The average molecular weight is 250 g/mol. The van der Waals surface area contributed by atoms with Gasteiger partial charge in [-0.2, -0.15) is 0 Å². The first-order chi connectivity index (χ1) is 8.16. The van der Waals surface area contributed by atoms with Gasteiger partial charge < -0.3 is 10.2 Å². The Morgan fingerprint density at radius 1 is 1.35 bits per heavy atom. The SMILES string of the molecule is CC1C(N)CCC1c1cc2cccc(Cl)c2o1. The number of benzene rings is 1. The molecule has 1 aromatic heterocycles. The van der Waals surface area contributed by atoms with Crippen molar-refractivity contribution in [3.63, 3.8) is 0 Å². The summed E-state index contributed by atoms with van der Waals surface area (Å²) in [6, 6.07) is 8.26. The van der Waals surface area contributed by atoms with Gasteiger partial charge in [0.1, 0.15) is 5.76 Å². The Kier molecular flexibility index (Phi) is 2.64. The maximum absolute atomic E-state index is 6.12. The Morgan fingerprint density at radius 2 is 2.18 bits per heavy atom. The monoisotopic (exact) mass is 249 g/mol. The highest BCUT2D eigenvalue weighted by molar-refractivity contribution is 6.34. The zero-order valence-electron chi connectivity index (χ0n) is 9.82. The Balaban J connectivity index is 2.04. The fourth-order valence-electron chi connectivity index (χ4n) is 2.83. The Morgan fingerprint density at radius 3 is 2.82 bits per heavy atom. The fraction of sp³-hybridized carbons (Fsp3) is 0.429. The molecule has 1 aliphatic carbocycles. The summed E-state index contributed by atoms with van der Waals surface area (Å²) in [5.41, 5.74) is 6.87. The molecule has 2 nitrogen and oxygen atoms in total. The van der Waals surface area contributed by atoms with Crippen LogP contribution < -0.4 is 5.73 Å². The Hall–Kier alpha value is -0.990. The van der Waals surface area contributed by atoms with Gasteiger partial charge in [0.15, 0.2) is 5.58 Å². The largest absolute Gasteiger partial charge is 0.459 e. The van der Waals surface area contributed by atoms with Gasteiger partial charge in [0.2, 0.25) is 0 Å². The summed E-state index contributed by atoms with van der Waals surface area (Å²) in [5, 5.41) is 1.77. The average Bonchev–Trinajstić information content (AvgIpc) is 2.85. The van der Waals surface area contributed by atoms with Crippen LogP contribution in [0.4, 0.5) is 0 Å². The number of fused-ring (bicyclic) bond motifs is 1. The minimum absolute atomic E-state index is 0.295. The first kappa shape index (κ1) is 11.1. The van der Waals surface area contributed by atoms with Gasteiger partial charge in [-0.05, 0) is 30.9 Å². The zero-order chi connectivity index (χ0) is 12.0. The van der Waals surface area contributed by atoms with Crippen molar-refractivity contribution < 1.29 is 4.42 Å². The normalized spacial score (nSPS) is 29.0. The van der Waals surface area contributed by atoms with E-state index in [9.17, 15) is 0 Å². The molecule has 0 saturated heterocycles. The second-order valence-electron chi connectivity index (χ2n) is 5.01. The first-order valence-corrected chi connectivity index (χ1v) is 6.48. The van der Waals surface area contributed by atoms with Crippen LogP contribution in [0.25, 0.3) is 11.0 Å². The molecule has 0 bridgehead atoms. The van der Waals surface area contributed by atoms with Gasteiger partial charge in [0.25, 0.3) is 0 Å². The van der Waals surface area contributed by atoms with Gasteiger partial charge in [-0.3, -0.25) is 0 Å². The van der Waals surface area contributed by atoms with Crippen molar-refractivity contribution in [3.05, 3.63) is 35.0 Å². The third-order valence-corrected chi connectivity index (χ3v) is 4.30. The molecule has 1 heterocycles. The van der Waals surface area contributed by atoms with Crippen LogP contribution in [-0.4, -0.2) is 6.04 Å². The molecule has 1 aromatic carbocycles. The topological polar surface area (TPSA) is 39.2 Å². The number of para-hydroxylation sites is 1. The molecule has 90 valence electrons. The molecule has 0 amide bonds. The van der Waals surface area contributed by atoms with E-state index >= 15 is 0 Å². The molecule has 0 spiro atoms. The fourth-order valence-corrected chi connectivity index (χ4v) is 3.05. The van der Waals surface area contributed by atoms with E-state index < -0.39 is 0 Å². The van der Waals surface area contributed by atoms with E-state index in [-0.39, 0.29) is 0 Å². The third-order valence-electron chi connectivity index (χ3n) is 4.00. The Labute approximate surface area is 106 Å². The minimum Gasteiger partial charge on any atom is -0.459 e. The smallest absolute Gasteiger partial charge is 0.152 e. The third kappa shape index (κ3) is 1.76. The molecule has 17 heavy (non-hydrogen) atoms. The molecule has 3 unspecified atom stereocenters. The summed E-state index contributed by atoms with van der Waals surface area (Å²) >= 11 is 6.12. The standard InChI is InChI=1S/C14H16ClNO/c1-8-10(5-6-12(8)16)13-7-9-3-2-4-11(15)14(9)17-13/h2-4,7-8,10,12H,5-6,16H2,1H3. The van der Waals surface area contributed by atoms with Crippen LogP contribution in [-0.2, 0) is 0 Å². The predicted octanol–water partition coefficient (Wildman–Crippen LogP) is 3.93. The van der Waals surface area contributed by atoms with Crippen LogP contribution >= 0.6 is 11.6 Å². The quantitative estimate of drug-likeness (QED) is 0.832. The van der Waals surface area contributed by atoms with E-state index in [1.165, 1.54) is 0 Å². The van der Waals surface area contributed by atoms with E-state index in [1.54, 1.807) is 0 Å². The predicted molar refractivity (Wildman–Crippen MR) is 70.3 cm³/mol. The molecule has 2 aromatic rings. The van der Waals surface area contributed by atoms with E-state index in [2.05, 4.69) is 13.0 Å². The van der Waals surface area contributed by atoms with Gasteiger partial charge in [-0.1, -0.05) is 30.7 Å². The maximum atomic E-state index is 6.12. The lowest BCUT2D eigenvalue weighted by Crippen LogP contribution is -2.24. The molecule has 3 atom stereocenters. The van der Waals surface area contributed by atoms with E-state index in [1.807, 2.05) is 18.2 Å². The highest BCUT2D eigenvalue weighted by atomic mass is 35.5. The van der Waals surface area contributed by atoms with Crippen molar-refractivity contribution in [1.82, 2.24) is 0 Å². The van der Waals surface area contributed by atoms with Crippen LogP contribution in [0.2, 0.25) is 5.02 Å². The number of furan rings is 1. The summed E-state index contributed by atoms with van der Waals surface area (Å²) in [6.45, 7) is 2.21. The molecule has 1 saturated carbocycles. The molecule has 2 N–H and O–H groups in total. The highest BCUT2D eigenvalue weighted by Gasteiger charge is 2.33. The number of hydrogen-bond acceptors (Lipinski definition) is 2. The number of hydrogen-bond donors (Lipinski definition) is 1. The first-order valence-electron chi connectivity index (χ1n) is 6.10. The summed E-state index contributed by atoms with van der Waals surface area (Å²) in [6.07, 6.45) is 2.19. The highest BCUT2D eigenvalue weighted by Crippen LogP contribution is 2.41. The van der Waals surface area contributed by atoms with Gasteiger partial charge >= 0.3 is 0 Å². The number of halogens is 1. The molecule has 1 aliphatic rings. The van der Waals surface area contributed by atoms with E-state index in [4.69, 9.17) is 21.8 Å². The lowest BCUT2D eigenvalue weighted by Gasteiger charge is -2.15. The maximum Gasteiger partial charge on any atom is 0.152 e. The molecular weight excluding hydrogens is 234 g/mol. The van der Waals surface area contributed by atoms with Gasteiger partial charge in [-0.25, -0.2) is 0 Å². The molecule has 0 radical (unpaired) electrons. The number of nitrogens with two attached hydrogens (primary N) is 1. The van der Waals surface area contributed by atoms with Crippen LogP contribution in [0.15, 0.2) is 28.7 Å². The van der Waals surface area contributed by atoms with Crippen molar-refractivity contribution in [2.75, 3.05) is 0 Å². The minimum atomic E-state index is 0.295. The van der Waals surface area contributed by atoms with Crippen molar-refractivity contribution in [1.29, 1.82) is 0 Å². The zero-order valence-corrected chi connectivity index (χ0v) is 10.6. The second kappa shape index (κ2) is 4.04. The molecule has 1 fully saturated rings. The van der Waals surface area contributed by atoms with E-state index in [0.717, 1.165) is 29.6 Å². The summed E-state index contributed by atoms with van der Waals surface area (Å²) in [7, 11) is 0. The van der Waals surface area contributed by atoms with Crippen molar-refractivity contribution >= 4 is 22.6 Å². The molecule has 3 rings (SSSR count).